The Balaban J connectivity index is 1.71. The lowest BCUT2D eigenvalue weighted by atomic mass is 10.2. The van der Waals surface area contributed by atoms with E-state index in [0.29, 0.717) is 22.2 Å². The number of halogens is 1. The van der Waals surface area contributed by atoms with E-state index in [1.807, 2.05) is 0 Å². The normalized spacial score (nSPS) is 11.0. The highest BCUT2D eigenvalue weighted by Gasteiger charge is 2.15. The second-order valence-electron chi connectivity index (χ2n) is 5.52. The van der Waals surface area contributed by atoms with E-state index < -0.39 is 16.0 Å². The van der Waals surface area contributed by atoms with Gasteiger partial charge in [0.25, 0.3) is 10.0 Å². The highest BCUT2D eigenvalue weighted by molar-refractivity contribution is 7.92. The van der Waals surface area contributed by atoms with Gasteiger partial charge in [0.1, 0.15) is 11.5 Å². The number of rotatable bonds is 6. The van der Waals surface area contributed by atoms with Crippen molar-refractivity contribution in [3.63, 3.8) is 0 Å². The first kappa shape index (κ1) is 18.8. The van der Waals surface area contributed by atoms with Crippen LogP contribution in [0.2, 0.25) is 5.02 Å². The molecule has 6 nitrogen and oxygen atoms in total. The molecule has 3 aromatic carbocycles. The monoisotopic (exact) mass is 403 g/mol. The SMILES string of the molecule is O=C(O)c1ccc(S(=O)(=O)Nc2ccc(Oc3ccc(Cl)cc3)cc2)cc1. The molecule has 27 heavy (non-hydrogen) atoms. The molecule has 0 saturated heterocycles. The van der Waals surface area contributed by atoms with Crippen LogP contribution in [-0.2, 0) is 10.0 Å². The zero-order chi connectivity index (χ0) is 19.4. The molecular formula is C19H14ClNO5S. The van der Waals surface area contributed by atoms with Crippen molar-refractivity contribution in [2.45, 2.75) is 4.90 Å². The summed E-state index contributed by atoms with van der Waals surface area (Å²) < 4.78 is 32.9. The summed E-state index contributed by atoms with van der Waals surface area (Å²) >= 11 is 5.82. The lowest BCUT2D eigenvalue weighted by Gasteiger charge is -2.10. The Bertz CT molecular complexity index is 1050. The molecule has 0 amide bonds. The van der Waals surface area contributed by atoms with E-state index in [1.54, 1.807) is 48.5 Å². The highest BCUT2D eigenvalue weighted by Crippen LogP contribution is 2.25. The van der Waals surface area contributed by atoms with E-state index >= 15 is 0 Å². The fourth-order valence-electron chi connectivity index (χ4n) is 2.22. The number of hydrogen-bond acceptors (Lipinski definition) is 4. The van der Waals surface area contributed by atoms with Gasteiger partial charge in [-0.3, -0.25) is 4.72 Å². The van der Waals surface area contributed by atoms with E-state index in [0.717, 1.165) is 0 Å². The molecule has 0 aromatic heterocycles. The summed E-state index contributed by atoms with van der Waals surface area (Å²) in [6, 6.07) is 18.2. The van der Waals surface area contributed by atoms with E-state index in [9.17, 15) is 13.2 Å². The summed E-state index contributed by atoms with van der Waals surface area (Å²) in [6.45, 7) is 0. The molecule has 0 aliphatic heterocycles. The van der Waals surface area contributed by atoms with Crippen LogP contribution in [0.4, 0.5) is 5.69 Å². The minimum Gasteiger partial charge on any atom is -0.478 e. The summed E-state index contributed by atoms with van der Waals surface area (Å²) in [7, 11) is -3.83. The van der Waals surface area contributed by atoms with Crippen molar-refractivity contribution < 1.29 is 23.1 Å². The lowest BCUT2D eigenvalue weighted by Crippen LogP contribution is -2.13. The zero-order valence-corrected chi connectivity index (χ0v) is 15.4. The van der Waals surface area contributed by atoms with Crippen molar-refractivity contribution in [1.82, 2.24) is 0 Å². The second-order valence-corrected chi connectivity index (χ2v) is 7.63. The summed E-state index contributed by atoms with van der Waals surface area (Å²) in [5.74, 6) is 0.0144. The number of benzene rings is 3. The first-order valence-corrected chi connectivity index (χ1v) is 9.59. The topological polar surface area (TPSA) is 92.7 Å². The highest BCUT2D eigenvalue weighted by atomic mass is 35.5. The Hall–Kier alpha value is -3.03. The van der Waals surface area contributed by atoms with Crippen LogP contribution in [0.3, 0.4) is 0 Å². The van der Waals surface area contributed by atoms with E-state index in [2.05, 4.69) is 4.72 Å². The molecule has 0 radical (unpaired) electrons. The average molecular weight is 404 g/mol. The largest absolute Gasteiger partial charge is 0.478 e. The fourth-order valence-corrected chi connectivity index (χ4v) is 3.41. The number of aromatic carboxylic acids is 1. The van der Waals surface area contributed by atoms with Gasteiger partial charge in [0.05, 0.1) is 10.5 Å². The van der Waals surface area contributed by atoms with Crippen LogP contribution in [-0.4, -0.2) is 19.5 Å². The number of carbonyl (C=O) groups is 1. The van der Waals surface area contributed by atoms with Gasteiger partial charge in [-0.25, -0.2) is 13.2 Å². The standard InChI is InChI=1S/C19H14ClNO5S/c20-14-3-7-16(8-4-14)26-17-9-5-15(6-10-17)21-27(24,25)18-11-1-13(2-12-18)19(22)23/h1-12,21H,(H,22,23). The molecule has 3 aromatic rings. The molecule has 3 rings (SSSR count). The number of nitrogens with one attached hydrogen (secondary N) is 1. The number of anilines is 1. The van der Waals surface area contributed by atoms with Gasteiger partial charge >= 0.3 is 5.97 Å². The van der Waals surface area contributed by atoms with Crippen LogP contribution in [0.15, 0.2) is 77.7 Å². The third kappa shape index (κ3) is 4.78. The maximum atomic E-state index is 12.4. The Kier molecular flexibility index (Phi) is 5.34. The number of ether oxygens (including phenoxy) is 1. The van der Waals surface area contributed by atoms with Crippen LogP contribution >= 0.6 is 11.6 Å². The molecule has 8 heteroatoms. The predicted octanol–water partition coefficient (Wildman–Crippen LogP) is 4.63. The number of hydrogen-bond donors (Lipinski definition) is 2. The van der Waals surface area contributed by atoms with Crippen molar-refractivity contribution >= 4 is 33.3 Å². The van der Waals surface area contributed by atoms with Crippen molar-refractivity contribution in [2.24, 2.45) is 0 Å². The number of carboxylic acids is 1. The average Bonchev–Trinajstić information content (AvgIpc) is 2.65. The number of sulfonamides is 1. The molecule has 0 fully saturated rings. The van der Waals surface area contributed by atoms with Gasteiger partial charge in [-0.1, -0.05) is 11.6 Å². The Morgan fingerprint density at radius 3 is 1.89 bits per heavy atom. The molecule has 2 N–H and O–H groups in total. The summed E-state index contributed by atoms with van der Waals surface area (Å²) in [5.41, 5.74) is 0.360. The Labute approximate surface area is 161 Å². The lowest BCUT2D eigenvalue weighted by molar-refractivity contribution is 0.0696. The molecule has 0 aliphatic carbocycles. The summed E-state index contributed by atoms with van der Waals surface area (Å²) in [4.78, 5) is 10.8. The van der Waals surface area contributed by atoms with Crippen molar-refractivity contribution in [1.29, 1.82) is 0 Å². The Morgan fingerprint density at radius 2 is 1.37 bits per heavy atom. The quantitative estimate of drug-likeness (QED) is 0.625. The Morgan fingerprint density at radius 1 is 0.852 bits per heavy atom. The van der Waals surface area contributed by atoms with Gasteiger partial charge in [-0.05, 0) is 72.8 Å². The third-order valence-corrected chi connectivity index (χ3v) is 5.22. The van der Waals surface area contributed by atoms with Gasteiger partial charge in [0.2, 0.25) is 0 Å². The fraction of sp³-hybridized carbons (Fsp3) is 0. The molecule has 138 valence electrons. The van der Waals surface area contributed by atoms with Gasteiger partial charge in [0, 0.05) is 10.7 Å². The van der Waals surface area contributed by atoms with Crippen LogP contribution < -0.4 is 9.46 Å². The van der Waals surface area contributed by atoms with Crippen molar-refractivity contribution in [3.05, 3.63) is 83.4 Å². The molecule has 0 atom stereocenters. The van der Waals surface area contributed by atoms with Gasteiger partial charge < -0.3 is 9.84 Å². The van der Waals surface area contributed by atoms with Crippen LogP contribution in [0.25, 0.3) is 0 Å². The van der Waals surface area contributed by atoms with Gasteiger partial charge in [0.15, 0.2) is 0 Å². The van der Waals surface area contributed by atoms with Crippen LogP contribution in [0.5, 0.6) is 11.5 Å². The maximum Gasteiger partial charge on any atom is 0.335 e. The summed E-state index contributed by atoms with van der Waals surface area (Å²) in [5, 5.41) is 9.48. The van der Waals surface area contributed by atoms with Crippen LogP contribution in [0.1, 0.15) is 10.4 Å². The van der Waals surface area contributed by atoms with E-state index in [-0.39, 0.29) is 10.5 Å². The molecule has 0 saturated carbocycles. The molecular weight excluding hydrogens is 390 g/mol. The molecule has 0 unspecified atom stereocenters. The van der Waals surface area contributed by atoms with Crippen molar-refractivity contribution in [2.75, 3.05) is 4.72 Å². The first-order valence-electron chi connectivity index (χ1n) is 7.73. The molecule has 0 bridgehead atoms. The first-order chi connectivity index (χ1) is 12.8. The van der Waals surface area contributed by atoms with E-state index in [4.69, 9.17) is 21.4 Å². The van der Waals surface area contributed by atoms with E-state index in [1.165, 1.54) is 24.3 Å². The molecule has 0 heterocycles. The van der Waals surface area contributed by atoms with Gasteiger partial charge in [-0.15, -0.1) is 0 Å². The third-order valence-electron chi connectivity index (χ3n) is 3.57. The zero-order valence-electron chi connectivity index (χ0n) is 13.8. The molecule has 0 aliphatic rings. The maximum absolute atomic E-state index is 12.4. The summed E-state index contributed by atoms with van der Waals surface area (Å²) in [6.07, 6.45) is 0. The number of carboxylic acid groups (broad SMARTS) is 1. The van der Waals surface area contributed by atoms with Crippen LogP contribution in [0, 0.1) is 0 Å². The minimum atomic E-state index is -3.83. The minimum absolute atomic E-state index is 0.0117. The smallest absolute Gasteiger partial charge is 0.335 e. The van der Waals surface area contributed by atoms with Crippen molar-refractivity contribution in [3.8, 4) is 11.5 Å². The second kappa shape index (κ2) is 7.69. The molecule has 0 spiro atoms. The predicted molar refractivity (Wildman–Crippen MR) is 102 cm³/mol. The van der Waals surface area contributed by atoms with Gasteiger partial charge in [-0.2, -0.15) is 0 Å².